The van der Waals surface area contributed by atoms with Crippen LogP contribution < -0.4 is 10.6 Å². The fourth-order valence-corrected chi connectivity index (χ4v) is 2.78. The Morgan fingerprint density at radius 2 is 2.18 bits per heavy atom. The lowest BCUT2D eigenvalue weighted by Crippen LogP contribution is -2.46. The Morgan fingerprint density at radius 3 is 2.76 bits per heavy atom. The fraction of sp³-hybridized carbons (Fsp3) is 0.833. The number of nitrogens with zero attached hydrogens (tertiary/aromatic N) is 1. The summed E-state index contributed by atoms with van der Waals surface area (Å²) < 4.78 is 0. The molecule has 3 atom stereocenters. The molecule has 1 amide bonds. The molecule has 0 spiro atoms. The van der Waals surface area contributed by atoms with Gasteiger partial charge in [0.15, 0.2) is 5.17 Å². The van der Waals surface area contributed by atoms with Gasteiger partial charge >= 0.3 is 0 Å². The molecule has 1 heterocycles. The number of amides is 1. The number of amidine groups is 1. The van der Waals surface area contributed by atoms with E-state index in [1.54, 1.807) is 11.8 Å². The highest BCUT2D eigenvalue weighted by Crippen LogP contribution is 2.22. The maximum atomic E-state index is 11.8. The van der Waals surface area contributed by atoms with E-state index in [0.29, 0.717) is 18.0 Å². The minimum absolute atomic E-state index is 0.0853. The molecule has 3 unspecified atom stereocenters. The number of thioether (sulfide) groups is 1. The number of aliphatic imine (C=N–C) groups is 1. The van der Waals surface area contributed by atoms with E-state index >= 15 is 0 Å². The van der Waals surface area contributed by atoms with Gasteiger partial charge in [-0.15, -0.1) is 0 Å². The van der Waals surface area contributed by atoms with Crippen LogP contribution >= 0.6 is 11.8 Å². The maximum absolute atomic E-state index is 11.8. The third-order valence-electron chi connectivity index (χ3n) is 3.28. The fourth-order valence-electron chi connectivity index (χ4n) is 1.58. The quantitative estimate of drug-likeness (QED) is 0.801. The molecule has 4 nitrogen and oxygen atoms in total. The highest BCUT2D eigenvalue weighted by molar-refractivity contribution is 8.13. The van der Waals surface area contributed by atoms with Gasteiger partial charge in [-0.05, 0) is 32.6 Å². The first kappa shape index (κ1) is 12.7. The molecular formula is C12H21N3OS. The predicted molar refractivity (Wildman–Crippen MR) is 72.3 cm³/mol. The van der Waals surface area contributed by atoms with Crippen molar-refractivity contribution in [2.24, 2.45) is 10.9 Å². The van der Waals surface area contributed by atoms with Crippen molar-refractivity contribution in [2.75, 3.05) is 5.75 Å². The first-order valence-corrected chi connectivity index (χ1v) is 7.32. The molecule has 1 fully saturated rings. The van der Waals surface area contributed by atoms with E-state index in [1.165, 1.54) is 0 Å². The smallest absolute Gasteiger partial charge is 0.242 e. The lowest BCUT2D eigenvalue weighted by molar-refractivity contribution is -0.122. The Labute approximate surface area is 107 Å². The summed E-state index contributed by atoms with van der Waals surface area (Å²) in [6, 6.07) is 0.576. The molecule has 96 valence electrons. The number of hydrogen-bond acceptors (Lipinski definition) is 4. The molecule has 2 aliphatic rings. The molecule has 1 aliphatic carbocycles. The van der Waals surface area contributed by atoms with Crippen LogP contribution in [0.2, 0.25) is 0 Å². The summed E-state index contributed by atoms with van der Waals surface area (Å²) >= 11 is 1.71. The van der Waals surface area contributed by atoms with Gasteiger partial charge < -0.3 is 10.6 Å². The highest BCUT2D eigenvalue weighted by atomic mass is 32.2. The summed E-state index contributed by atoms with van der Waals surface area (Å²) in [5, 5.41) is 7.11. The van der Waals surface area contributed by atoms with Crippen molar-refractivity contribution >= 4 is 22.8 Å². The molecule has 0 aromatic carbocycles. The molecule has 0 bridgehead atoms. The summed E-state index contributed by atoms with van der Waals surface area (Å²) in [5.74, 6) is 1.77. The van der Waals surface area contributed by atoms with Crippen LogP contribution in [0.4, 0.5) is 0 Å². The van der Waals surface area contributed by atoms with Crippen LogP contribution in [0.15, 0.2) is 4.99 Å². The molecule has 0 saturated heterocycles. The highest BCUT2D eigenvalue weighted by Gasteiger charge is 2.27. The molecule has 17 heavy (non-hydrogen) atoms. The van der Waals surface area contributed by atoms with Gasteiger partial charge in [-0.25, -0.2) is 0 Å². The Hall–Kier alpha value is -0.710. The lowest BCUT2D eigenvalue weighted by atomic mass is 10.1. The second-order valence-corrected chi connectivity index (χ2v) is 6.12. The molecule has 2 rings (SSSR count). The van der Waals surface area contributed by atoms with Crippen molar-refractivity contribution < 1.29 is 4.79 Å². The van der Waals surface area contributed by atoms with Gasteiger partial charge in [-0.3, -0.25) is 9.79 Å². The lowest BCUT2D eigenvalue weighted by Gasteiger charge is -2.25. The summed E-state index contributed by atoms with van der Waals surface area (Å²) in [5.41, 5.74) is 0. The van der Waals surface area contributed by atoms with Crippen molar-refractivity contribution in [1.29, 1.82) is 0 Å². The summed E-state index contributed by atoms with van der Waals surface area (Å²) in [7, 11) is 0. The molecular weight excluding hydrogens is 234 g/mol. The predicted octanol–water partition coefficient (Wildman–Crippen LogP) is 1.37. The molecule has 0 aromatic rings. The topological polar surface area (TPSA) is 53.5 Å². The van der Waals surface area contributed by atoms with Crippen LogP contribution in [-0.2, 0) is 4.79 Å². The standard InChI is InChI=1S/C12H21N3OS/c1-7-6-17-12(13-8(7)2)14-9(3)11(16)15-10-4-5-10/h7-10H,4-6H2,1-3H3,(H,13,14)(H,15,16). The average Bonchev–Trinajstić information content (AvgIpc) is 3.07. The molecule has 0 radical (unpaired) electrons. The van der Waals surface area contributed by atoms with E-state index in [4.69, 9.17) is 0 Å². The first-order valence-electron chi connectivity index (χ1n) is 6.33. The number of hydrogen-bond donors (Lipinski definition) is 2. The zero-order valence-corrected chi connectivity index (χ0v) is 11.5. The Morgan fingerprint density at radius 1 is 1.47 bits per heavy atom. The van der Waals surface area contributed by atoms with E-state index < -0.39 is 0 Å². The number of rotatable bonds is 3. The van der Waals surface area contributed by atoms with Gasteiger partial charge in [0.05, 0.1) is 6.04 Å². The largest absolute Gasteiger partial charge is 0.353 e. The van der Waals surface area contributed by atoms with E-state index in [1.807, 2.05) is 6.92 Å². The van der Waals surface area contributed by atoms with Gasteiger partial charge in [-0.1, -0.05) is 18.7 Å². The first-order chi connectivity index (χ1) is 8.06. The summed E-state index contributed by atoms with van der Waals surface area (Å²) in [6.45, 7) is 6.23. The summed E-state index contributed by atoms with van der Waals surface area (Å²) in [4.78, 5) is 16.3. The number of nitrogens with one attached hydrogen (secondary N) is 2. The number of carbonyl (C=O) groups is 1. The van der Waals surface area contributed by atoms with E-state index in [0.717, 1.165) is 23.8 Å². The minimum Gasteiger partial charge on any atom is -0.353 e. The van der Waals surface area contributed by atoms with Crippen LogP contribution in [0.5, 0.6) is 0 Å². The van der Waals surface area contributed by atoms with Crippen LogP contribution in [0, 0.1) is 5.92 Å². The van der Waals surface area contributed by atoms with Gasteiger partial charge in [0.25, 0.3) is 0 Å². The molecule has 1 aliphatic heterocycles. The van der Waals surface area contributed by atoms with Crippen LogP contribution in [0.1, 0.15) is 33.6 Å². The molecule has 0 aromatic heterocycles. The third kappa shape index (κ3) is 3.63. The average molecular weight is 255 g/mol. The molecule has 2 N–H and O–H groups in total. The summed E-state index contributed by atoms with van der Waals surface area (Å²) in [6.07, 6.45) is 2.26. The van der Waals surface area contributed by atoms with Crippen molar-refractivity contribution in [3.8, 4) is 0 Å². The van der Waals surface area contributed by atoms with Gasteiger partial charge in [-0.2, -0.15) is 0 Å². The molecule has 5 heteroatoms. The van der Waals surface area contributed by atoms with Crippen molar-refractivity contribution in [3.05, 3.63) is 0 Å². The van der Waals surface area contributed by atoms with E-state index in [9.17, 15) is 4.79 Å². The van der Waals surface area contributed by atoms with Crippen LogP contribution in [0.25, 0.3) is 0 Å². The normalized spacial score (nSPS) is 30.4. The second kappa shape index (κ2) is 5.29. The second-order valence-electron chi connectivity index (χ2n) is 5.11. The minimum atomic E-state index is -0.192. The zero-order chi connectivity index (χ0) is 12.4. The van der Waals surface area contributed by atoms with Gasteiger partial charge in [0.1, 0.15) is 6.04 Å². The van der Waals surface area contributed by atoms with Crippen LogP contribution in [0.3, 0.4) is 0 Å². The monoisotopic (exact) mass is 255 g/mol. The SMILES string of the molecule is CC(NC1=NC(C)C(C)CS1)C(=O)NC1CC1. The third-order valence-corrected chi connectivity index (χ3v) is 4.47. The van der Waals surface area contributed by atoms with Crippen molar-refractivity contribution in [2.45, 2.75) is 51.7 Å². The number of carbonyl (C=O) groups excluding carboxylic acids is 1. The Balaban J connectivity index is 1.83. The van der Waals surface area contributed by atoms with Gasteiger partial charge in [0.2, 0.25) is 5.91 Å². The van der Waals surface area contributed by atoms with E-state index in [2.05, 4.69) is 29.5 Å². The zero-order valence-electron chi connectivity index (χ0n) is 10.7. The van der Waals surface area contributed by atoms with Gasteiger partial charge in [0, 0.05) is 11.8 Å². The Bertz CT molecular complexity index is 328. The van der Waals surface area contributed by atoms with Crippen LogP contribution in [-0.4, -0.2) is 35.0 Å². The molecule has 1 saturated carbocycles. The maximum Gasteiger partial charge on any atom is 0.242 e. The van der Waals surface area contributed by atoms with Crippen molar-refractivity contribution in [3.63, 3.8) is 0 Å². The van der Waals surface area contributed by atoms with Crippen molar-refractivity contribution in [1.82, 2.24) is 10.6 Å². The van der Waals surface area contributed by atoms with E-state index in [-0.39, 0.29) is 11.9 Å². The Kier molecular flexibility index (Phi) is 3.97.